The molecule has 4 rings (SSSR count). The maximum atomic E-state index is 13.1. The van der Waals surface area contributed by atoms with Gasteiger partial charge in [-0.05, 0) is 74.1 Å². The van der Waals surface area contributed by atoms with Gasteiger partial charge in [-0.15, -0.1) is 11.3 Å². The van der Waals surface area contributed by atoms with Crippen molar-refractivity contribution in [1.82, 2.24) is 4.98 Å². The number of aromatic nitrogens is 1. The Hall–Kier alpha value is -2.70. The Labute approximate surface area is 184 Å². The highest BCUT2D eigenvalue weighted by Crippen LogP contribution is 2.40. The molecule has 5 nitrogen and oxygen atoms in total. The SMILES string of the molecule is CCOc1ccc(C=Nc2sc3c(c2C(=O)Nc2cccnc2)CCCC3)cc1Cl. The number of amides is 1. The van der Waals surface area contributed by atoms with Gasteiger partial charge in [-0.2, -0.15) is 0 Å². The molecule has 0 radical (unpaired) electrons. The minimum atomic E-state index is -0.140. The third-order valence-corrected chi connectivity index (χ3v) is 6.38. The van der Waals surface area contributed by atoms with Crippen molar-refractivity contribution in [2.75, 3.05) is 11.9 Å². The lowest BCUT2D eigenvalue weighted by Gasteiger charge is -2.12. The third kappa shape index (κ3) is 4.55. The summed E-state index contributed by atoms with van der Waals surface area (Å²) in [6.45, 7) is 2.48. The van der Waals surface area contributed by atoms with E-state index in [9.17, 15) is 4.79 Å². The van der Waals surface area contributed by atoms with Crippen LogP contribution in [0.3, 0.4) is 0 Å². The molecule has 30 heavy (non-hydrogen) atoms. The highest BCUT2D eigenvalue weighted by molar-refractivity contribution is 7.16. The summed E-state index contributed by atoms with van der Waals surface area (Å²) in [4.78, 5) is 23.1. The molecule has 1 aliphatic carbocycles. The molecule has 0 fully saturated rings. The fraction of sp³-hybridized carbons (Fsp3) is 0.261. The molecule has 1 aromatic carbocycles. The first-order valence-electron chi connectivity index (χ1n) is 9.98. The van der Waals surface area contributed by atoms with Crippen molar-refractivity contribution in [3.63, 3.8) is 0 Å². The normalized spacial score (nSPS) is 13.3. The zero-order valence-electron chi connectivity index (χ0n) is 16.7. The average Bonchev–Trinajstić information content (AvgIpc) is 3.13. The molecule has 7 heteroatoms. The number of hydrogen-bond acceptors (Lipinski definition) is 5. The van der Waals surface area contributed by atoms with Crippen molar-refractivity contribution >= 4 is 45.7 Å². The Morgan fingerprint density at radius 1 is 1.33 bits per heavy atom. The van der Waals surface area contributed by atoms with Crippen LogP contribution in [0.4, 0.5) is 10.7 Å². The van der Waals surface area contributed by atoms with Gasteiger partial charge in [-0.25, -0.2) is 4.99 Å². The van der Waals surface area contributed by atoms with Crippen LogP contribution in [0.2, 0.25) is 5.02 Å². The number of aliphatic imine (C=N–C) groups is 1. The van der Waals surface area contributed by atoms with Gasteiger partial charge in [0.1, 0.15) is 10.8 Å². The molecule has 154 valence electrons. The van der Waals surface area contributed by atoms with Crippen molar-refractivity contribution in [3.05, 3.63) is 69.3 Å². The summed E-state index contributed by atoms with van der Waals surface area (Å²) in [7, 11) is 0. The summed E-state index contributed by atoms with van der Waals surface area (Å²) in [6.07, 6.45) is 9.22. The van der Waals surface area contributed by atoms with Gasteiger partial charge in [0.05, 0.1) is 29.1 Å². The van der Waals surface area contributed by atoms with Gasteiger partial charge >= 0.3 is 0 Å². The molecular weight excluding hydrogens is 418 g/mol. The smallest absolute Gasteiger partial charge is 0.259 e. The van der Waals surface area contributed by atoms with Gasteiger partial charge in [-0.3, -0.25) is 9.78 Å². The van der Waals surface area contributed by atoms with E-state index in [4.69, 9.17) is 16.3 Å². The number of carbonyl (C=O) groups excluding carboxylic acids is 1. The summed E-state index contributed by atoms with van der Waals surface area (Å²) in [5.74, 6) is 0.513. The fourth-order valence-electron chi connectivity index (χ4n) is 3.51. The van der Waals surface area contributed by atoms with Crippen LogP contribution in [-0.2, 0) is 12.8 Å². The lowest BCUT2D eigenvalue weighted by Crippen LogP contribution is -2.14. The van der Waals surface area contributed by atoms with Crippen LogP contribution in [0, 0.1) is 0 Å². The van der Waals surface area contributed by atoms with Gasteiger partial charge in [0.25, 0.3) is 5.91 Å². The predicted octanol–water partition coefficient (Wildman–Crippen LogP) is 6.08. The highest BCUT2D eigenvalue weighted by Gasteiger charge is 2.25. The number of nitrogens with zero attached hydrogens (tertiary/aromatic N) is 2. The molecular formula is C23H22ClN3O2S. The number of rotatable bonds is 6. The van der Waals surface area contributed by atoms with E-state index in [1.165, 1.54) is 4.88 Å². The molecule has 1 aliphatic rings. The molecule has 0 saturated carbocycles. The van der Waals surface area contributed by atoms with E-state index in [0.29, 0.717) is 28.6 Å². The number of pyridine rings is 1. The second-order valence-corrected chi connectivity index (χ2v) is 8.46. The Morgan fingerprint density at radius 2 is 2.20 bits per heavy atom. The molecule has 1 amide bonds. The van der Waals surface area contributed by atoms with Crippen molar-refractivity contribution in [1.29, 1.82) is 0 Å². The van der Waals surface area contributed by atoms with Crippen molar-refractivity contribution in [3.8, 4) is 5.75 Å². The zero-order chi connectivity index (χ0) is 20.9. The monoisotopic (exact) mass is 439 g/mol. The van der Waals surface area contributed by atoms with Crippen LogP contribution in [-0.4, -0.2) is 23.7 Å². The average molecular weight is 440 g/mol. The van der Waals surface area contributed by atoms with E-state index in [1.807, 2.05) is 31.2 Å². The van der Waals surface area contributed by atoms with Crippen LogP contribution >= 0.6 is 22.9 Å². The zero-order valence-corrected chi connectivity index (χ0v) is 18.2. The summed E-state index contributed by atoms with van der Waals surface area (Å²) in [5, 5.41) is 4.23. The lowest BCUT2D eigenvalue weighted by atomic mass is 9.95. The van der Waals surface area contributed by atoms with Gasteiger partial charge in [0.2, 0.25) is 0 Å². The van der Waals surface area contributed by atoms with E-state index < -0.39 is 0 Å². The quantitative estimate of drug-likeness (QED) is 0.473. The van der Waals surface area contributed by atoms with E-state index in [-0.39, 0.29) is 5.91 Å². The van der Waals surface area contributed by atoms with Gasteiger partial charge < -0.3 is 10.1 Å². The Balaban J connectivity index is 1.64. The summed E-state index contributed by atoms with van der Waals surface area (Å²) < 4.78 is 5.48. The number of carbonyl (C=O) groups is 1. The topological polar surface area (TPSA) is 63.6 Å². The maximum absolute atomic E-state index is 13.1. The number of ether oxygens (including phenoxy) is 1. The minimum absolute atomic E-state index is 0.140. The second kappa shape index (κ2) is 9.41. The molecule has 1 N–H and O–H groups in total. The summed E-state index contributed by atoms with van der Waals surface area (Å²) in [5.41, 5.74) is 3.33. The van der Waals surface area contributed by atoms with E-state index >= 15 is 0 Å². The van der Waals surface area contributed by atoms with E-state index in [1.54, 1.807) is 36.0 Å². The minimum Gasteiger partial charge on any atom is -0.492 e. The predicted molar refractivity (Wildman–Crippen MR) is 123 cm³/mol. The number of fused-ring (bicyclic) bond motifs is 1. The summed E-state index contributed by atoms with van der Waals surface area (Å²) >= 11 is 7.89. The largest absolute Gasteiger partial charge is 0.492 e. The van der Waals surface area contributed by atoms with Crippen molar-refractivity contribution < 1.29 is 9.53 Å². The first-order chi connectivity index (χ1) is 14.7. The standard InChI is InChI=1S/C23H22ClN3O2S/c1-2-29-19-10-9-15(12-18(19)24)13-26-23-21(17-7-3-4-8-20(17)30-23)22(28)27-16-6-5-11-25-14-16/h5-6,9-14H,2-4,7-8H2,1H3,(H,27,28). The molecule has 0 unspecified atom stereocenters. The number of halogens is 1. The number of aryl methyl sites for hydroxylation is 1. The molecule has 0 atom stereocenters. The number of nitrogens with one attached hydrogen (secondary N) is 1. The Kier molecular flexibility index (Phi) is 6.45. The van der Waals surface area contributed by atoms with Crippen LogP contribution in [0.5, 0.6) is 5.75 Å². The Bertz CT molecular complexity index is 1080. The maximum Gasteiger partial charge on any atom is 0.259 e. The number of anilines is 1. The van der Waals surface area contributed by atoms with Crippen LogP contribution in [0.15, 0.2) is 47.7 Å². The molecule has 0 bridgehead atoms. The van der Waals surface area contributed by atoms with Gasteiger partial charge in [0.15, 0.2) is 0 Å². The Morgan fingerprint density at radius 3 is 2.97 bits per heavy atom. The van der Waals surface area contributed by atoms with E-state index in [0.717, 1.165) is 41.8 Å². The molecule has 2 heterocycles. The molecule has 2 aromatic heterocycles. The van der Waals surface area contributed by atoms with Gasteiger partial charge in [0, 0.05) is 17.3 Å². The second-order valence-electron chi connectivity index (χ2n) is 6.97. The third-order valence-electron chi connectivity index (χ3n) is 4.89. The van der Waals surface area contributed by atoms with Crippen LogP contribution in [0.25, 0.3) is 0 Å². The van der Waals surface area contributed by atoms with Crippen molar-refractivity contribution in [2.45, 2.75) is 32.6 Å². The van der Waals surface area contributed by atoms with Crippen LogP contribution in [0.1, 0.15) is 46.1 Å². The molecule has 0 spiro atoms. The van der Waals surface area contributed by atoms with Crippen molar-refractivity contribution in [2.24, 2.45) is 4.99 Å². The first-order valence-corrected chi connectivity index (χ1v) is 11.2. The number of benzene rings is 1. The number of hydrogen-bond donors (Lipinski definition) is 1. The van der Waals surface area contributed by atoms with Crippen LogP contribution < -0.4 is 10.1 Å². The fourth-order valence-corrected chi connectivity index (χ4v) is 4.98. The van der Waals surface area contributed by atoms with E-state index in [2.05, 4.69) is 15.3 Å². The number of thiophene rings is 1. The molecule has 0 aliphatic heterocycles. The molecule has 0 saturated heterocycles. The van der Waals surface area contributed by atoms with Gasteiger partial charge in [-0.1, -0.05) is 11.6 Å². The first kappa shape index (κ1) is 20.6. The lowest BCUT2D eigenvalue weighted by molar-refractivity contribution is 0.102. The summed E-state index contributed by atoms with van der Waals surface area (Å²) in [6, 6.07) is 9.19. The highest BCUT2D eigenvalue weighted by atomic mass is 35.5. The molecule has 3 aromatic rings.